The lowest BCUT2D eigenvalue weighted by Gasteiger charge is -1.96. The van der Waals surface area contributed by atoms with Crippen LogP contribution in [-0.4, -0.2) is 16.2 Å². The summed E-state index contributed by atoms with van der Waals surface area (Å²) in [5.41, 5.74) is 4.86. The van der Waals surface area contributed by atoms with Gasteiger partial charge in [-0.05, 0) is 29.8 Å². The maximum atomic E-state index is 13.0. The Hall–Kier alpha value is -2.76. The molecule has 0 atom stereocenters. The van der Waals surface area contributed by atoms with Crippen LogP contribution in [0.4, 0.5) is 14.7 Å². The van der Waals surface area contributed by atoms with Crippen LogP contribution in [0.3, 0.4) is 0 Å². The first-order valence-electron chi connectivity index (χ1n) is 5.91. The van der Waals surface area contributed by atoms with Crippen LogP contribution in [0.25, 0.3) is 11.0 Å². The fourth-order valence-electron chi connectivity index (χ4n) is 1.77. The van der Waals surface area contributed by atoms with Crippen LogP contribution in [-0.2, 0) is 0 Å². The number of hydrogen-bond donors (Lipinski definition) is 2. The Bertz CT molecular complexity index is 747. The Kier molecular flexibility index (Phi) is 3.12. The number of H-pyrrole nitrogens is 1. The molecule has 6 heteroatoms. The van der Waals surface area contributed by atoms with E-state index >= 15 is 0 Å². The summed E-state index contributed by atoms with van der Waals surface area (Å²) in [6.07, 6.45) is 1.38. The van der Waals surface area contributed by atoms with Crippen LogP contribution in [0.1, 0.15) is 5.56 Å². The van der Waals surface area contributed by atoms with E-state index in [9.17, 15) is 8.78 Å². The lowest BCUT2D eigenvalue weighted by Crippen LogP contribution is -1.93. The minimum absolute atomic E-state index is 0.451. The molecule has 0 saturated heterocycles. The quantitative estimate of drug-likeness (QED) is 0.568. The Morgan fingerprint density at radius 2 is 1.95 bits per heavy atom. The van der Waals surface area contributed by atoms with Crippen molar-refractivity contribution in [2.24, 2.45) is 5.10 Å². The highest BCUT2D eigenvalue weighted by Gasteiger charge is 2.01. The number of nitrogens with one attached hydrogen (secondary N) is 2. The van der Waals surface area contributed by atoms with E-state index in [2.05, 4.69) is 20.5 Å². The van der Waals surface area contributed by atoms with Gasteiger partial charge in [0.2, 0.25) is 5.95 Å². The van der Waals surface area contributed by atoms with E-state index in [0.29, 0.717) is 11.5 Å². The van der Waals surface area contributed by atoms with Crippen molar-refractivity contribution in [1.29, 1.82) is 0 Å². The molecule has 2 N–H and O–H groups in total. The maximum absolute atomic E-state index is 13.0. The number of nitrogens with zero attached hydrogens (tertiary/aromatic N) is 2. The zero-order valence-corrected chi connectivity index (χ0v) is 10.3. The summed E-state index contributed by atoms with van der Waals surface area (Å²) in [5.74, 6) is -1.31. The molecule has 0 aliphatic rings. The van der Waals surface area contributed by atoms with Gasteiger partial charge in [0.15, 0.2) is 11.6 Å². The maximum Gasteiger partial charge on any atom is 0.222 e. The number of fused-ring (bicyclic) bond motifs is 1. The van der Waals surface area contributed by atoms with Gasteiger partial charge in [-0.25, -0.2) is 19.2 Å². The van der Waals surface area contributed by atoms with E-state index in [-0.39, 0.29) is 0 Å². The van der Waals surface area contributed by atoms with Gasteiger partial charge in [0, 0.05) is 0 Å². The summed E-state index contributed by atoms with van der Waals surface area (Å²) in [7, 11) is 0. The molecule has 100 valence electrons. The topological polar surface area (TPSA) is 53.1 Å². The summed E-state index contributed by atoms with van der Waals surface area (Å²) in [6.45, 7) is 0. The summed E-state index contributed by atoms with van der Waals surface area (Å²) in [5, 5.41) is 3.92. The standard InChI is InChI=1S/C14H10F2N4/c15-10-6-5-9(7-11(10)16)8-17-20-14-18-12-3-1-2-4-13(12)19-14/h1-8H,(H2,18,19,20)/b17-8+. The molecule has 3 rings (SSSR count). The molecule has 0 saturated carbocycles. The largest absolute Gasteiger partial charge is 0.323 e. The van der Waals surface area contributed by atoms with Crippen LogP contribution in [0, 0.1) is 11.6 Å². The normalized spacial score (nSPS) is 11.3. The minimum atomic E-state index is -0.905. The van der Waals surface area contributed by atoms with Gasteiger partial charge in [0.25, 0.3) is 0 Å². The predicted octanol–water partition coefficient (Wildman–Crippen LogP) is 3.29. The molecule has 2 aromatic carbocycles. The van der Waals surface area contributed by atoms with Gasteiger partial charge >= 0.3 is 0 Å². The van der Waals surface area contributed by atoms with Crippen molar-refractivity contribution in [3.63, 3.8) is 0 Å². The van der Waals surface area contributed by atoms with Gasteiger partial charge in [-0.1, -0.05) is 18.2 Å². The van der Waals surface area contributed by atoms with E-state index in [4.69, 9.17) is 0 Å². The Morgan fingerprint density at radius 1 is 1.10 bits per heavy atom. The molecule has 1 aromatic heterocycles. The molecule has 4 nitrogen and oxygen atoms in total. The molecular weight excluding hydrogens is 262 g/mol. The van der Waals surface area contributed by atoms with Gasteiger partial charge in [-0.2, -0.15) is 5.10 Å². The van der Waals surface area contributed by atoms with E-state index in [0.717, 1.165) is 23.2 Å². The number of hydrazone groups is 1. The summed E-state index contributed by atoms with van der Waals surface area (Å²) in [6, 6.07) is 11.1. The second-order valence-electron chi connectivity index (χ2n) is 4.15. The number of aromatic nitrogens is 2. The molecule has 0 spiro atoms. The summed E-state index contributed by atoms with van der Waals surface area (Å²) >= 11 is 0. The Labute approximate surface area is 113 Å². The van der Waals surface area contributed by atoms with Crippen LogP contribution < -0.4 is 5.43 Å². The number of benzene rings is 2. The van der Waals surface area contributed by atoms with Crippen molar-refractivity contribution in [1.82, 2.24) is 9.97 Å². The third kappa shape index (κ3) is 2.49. The van der Waals surface area contributed by atoms with Gasteiger partial charge in [-0.3, -0.25) is 0 Å². The minimum Gasteiger partial charge on any atom is -0.323 e. The van der Waals surface area contributed by atoms with Crippen LogP contribution in [0.2, 0.25) is 0 Å². The second-order valence-corrected chi connectivity index (χ2v) is 4.15. The number of hydrogen-bond acceptors (Lipinski definition) is 3. The molecule has 0 aliphatic carbocycles. The van der Waals surface area contributed by atoms with E-state index in [1.807, 2.05) is 24.3 Å². The predicted molar refractivity (Wildman–Crippen MR) is 73.7 cm³/mol. The van der Waals surface area contributed by atoms with Gasteiger partial charge in [0.1, 0.15) is 0 Å². The number of anilines is 1. The third-order valence-electron chi connectivity index (χ3n) is 2.72. The van der Waals surface area contributed by atoms with Crippen molar-refractivity contribution in [3.05, 3.63) is 59.7 Å². The zero-order chi connectivity index (χ0) is 13.9. The highest BCUT2D eigenvalue weighted by atomic mass is 19.2. The van der Waals surface area contributed by atoms with E-state index < -0.39 is 11.6 Å². The number of imidazole rings is 1. The number of para-hydroxylation sites is 2. The number of halogens is 2. The van der Waals surface area contributed by atoms with Gasteiger partial charge in [-0.15, -0.1) is 0 Å². The first-order chi connectivity index (χ1) is 9.72. The van der Waals surface area contributed by atoms with Crippen LogP contribution in [0.5, 0.6) is 0 Å². The Balaban J connectivity index is 1.75. The second kappa shape index (κ2) is 5.08. The van der Waals surface area contributed by atoms with Crippen molar-refractivity contribution in [2.45, 2.75) is 0 Å². The lowest BCUT2D eigenvalue weighted by atomic mass is 10.2. The fourth-order valence-corrected chi connectivity index (χ4v) is 1.77. The first-order valence-corrected chi connectivity index (χ1v) is 5.91. The van der Waals surface area contributed by atoms with Crippen molar-refractivity contribution in [3.8, 4) is 0 Å². The van der Waals surface area contributed by atoms with Crippen molar-refractivity contribution in [2.75, 3.05) is 5.43 Å². The van der Waals surface area contributed by atoms with Crippen LogP contribution in [0.15, 0.2) is 47.6 Å². The Morgan fingerprint density at radius 3 is 2.75 bits per heavy atom. The average molecular weight is 272 g/mol. The molecule has 0 radical (unpaired) electrons. The highest BCUT2D eigenvalue weighted by Crippen LogP contribution is 2.13. The first kappa shape index (κ1) is 12.3. The zero-order valence-electron chi connectivity index (χ0n) is 10.3. The molecular formula is C14H10F2N4. The summed E-state index contributed by atoms with van der Waals surface area (Å²) in [4.78, 5) is 7.29. The van der Waals surface area contributed by atoms with Crippen LogP contribution >= 0.6 is 0 Å². The molecule has 0 fully saturated rings. The third-order valence-corrected chi connectivity index (χ3v) is 2.72. The SMILES string of the molecule is Fc1ccc(/C=N/Nc2nc3ccccc3[nH]2)cc1F. The van der Waals surface area contributed by atoms with Crippen molar-refractivity contribution < 1.29 is 8.78 Å². The molecule has 3 aromatic rings. The molecule has 20 heavy (non-hydrogen) atoms. The van der Waals surface area contributed by atoms with E-state index in [1.54, 1.807) is 0 Å². The molecule has 0 aliphatic heterocycles. The smallest absolute Gasteiger partial charge is 0.222 e. The fraction of sp³-hybridized carbons (Fsp3) is 0. The molecule has 0 unspecified atom stereocenters. The molecule has 0 amide bonds. The summed E-state index contributed by atoms with van der Waals surface area (Å²) < 4.78 is 25.7. The van der Waals surface area contributed by atoms with Gasteiger partial charge in [0.05, 0.1) is 17.2 Å². The van der Waals surface area contributed by atoms with Crippen molar-refractivity contribution >= 4 is 23.2 Å². The van der Waals surface area contributed by atoms with E-state index in [1.165, 1.54) is 12.3 Å². The number of aromatic amines is 1. The molecule has 1 heterocycles. The average Bonchev–Trinajstić information content (AvgIpc) is 2.85. The molecule has 0 bridgehead atoms. The lowest BCUT2D eigenvalue weighted by molar-refractivity contribution is 0.508. The highest BCUT2D eigenvalue weighted by molar-refractivity contribution is 5.80. The van der Waals surface area contributed by atoms with Gasteiger partial charge < -0.3 is 4.98 Å². The number of rotatable bonds is 3. The monoisotopic (exact) mass is 272 g/mol.